The van der Waals surface area contributed by atoms with Crippen LogP contribution in [0.1, 0.15) is 30.4 Å². The molecule has 0 aliphatic carbocycles. The van der Waals surface area contributed by atoms with Crippen molar-refractivity contribution in [2.24, 2.45) is 5.16 Å². The van der Waals surface area contributed by atoms with E-state index in [-0.39, 0.29) is 11.8 Å². The molecule has 1 saturated heterocycles. The summed E-state index contributed by atoms with van der Waals surface area (Å²) in [5, 5.41) is 14.4. The molecule has 0 radical (unpaired) electrons. The summed E-state index contributed by atoms with van der Waals surface area (Å²) in [5.41, 5.74) is 1.53. The zero-order valence-electron chi connectivity index (χ0n) is 12.6. The van der Waals surface area contributed by atoms with Gasteiger partial charge in [0.15, 0.2) is 5.17 Å². The standard InChI is InChI=1S/C15H21Cl2N3O2/c1-11-7-14(16)18-8-13(11)15(17)19-22-10-12(21)9-20-5-3-2-4-6-20/h7-8,12,21H,2-6,9-10H2,1H3. The van der Waals surface area contributed by atoms with E-state index in [2.05, 4.69) is 15.0 Å². The molecular weight excluding hydrogens is 325 g/mol. The van der Waals surface area contributed by atoms with Gasteiger partial charge in [-0.05, 0) is 44.5 Å². The Kier molecular flexibility index (Phi) is 6.89. The summed E-state index contributed by atoms with van der Waals surface area (Å²) in [5.74, 6) is 0. The van der Waals surface area contributed by atoms with Gasteiger partial charge in [0.2, 0.25) is 0 Å². The number of hydrogen-bond acceptors (Lipinski definition) is 5. The molecule has 1 fully saturated rings. The molecule has 1 N–H and O–H groups in total. The maximum absolute atomic E-state index is 9.97. The number of halogens is 2. The van der Waals surface area contributed by atoms with Crippen LogP contribution in [-0.4, -0.2) is 52.5 Å². The molecule has 1 aliphatic rings. The monoisotopic (exact) mass is 345 g/mol. The number of aliphatic hydroxyl groups excluding tert-OH is 1. The van der Waals surface area contributed by atoms with Gasteiger partial charge in [0.1, 0.15) is 17.9 Å². The summed E-state index contributed by atoms with van der Waals surface area (Å²) in [6.45, 7) is 4.67. The summed E-state index contributed by atoms with van der Waals surface area (Å²) >= 11 is 11.9. The van der Waals surface area contributed by atoms with Gasteiger partial charge in [0.25, 0.3) is 0 Å². The Balaban J connectivity index is 1.80. The van der Waals surface area contributed by atoms with Crippen molar-refractivity contribution in [3.05, 3.63) is 28.5 Å². The lowest BCUT2D eigenvalue weighted by molar-refractivity contribution is 0.0161. The summed E-state index contributed by atoms with van der Waals surface area (Å²) < 4.78 is 0. The van der Waals surface area contributed by atoms with Gasteiger partial charge in [-0.2, -0.15) is 0 Å². The number of aliphatic hydroxyl groups is 1. The van der Waals surface area contributed by atoms with Crippen molar-refractivity contribution >= 4 is 28.4 Å². The molecular formula is C15H21Cl2N3O2. The molecule has 122 valence electrons. The van der Waals surface area contributed by atoms with Crippen LogP contribution in [0, 0.1) is 6.92 Å². The SMILES string of the molecule is Cc1cc(Cl)ncc1C(Cl)=NOCC(O)CN1CCCCC1. The van der Waals surface area contributed by atoms with E-state index in [0.29, 0.717) is 17.3 Å². The van der Waals surface area contributed by atoms with Crippen molar-refractivity contribution in [3.8, 4) is 0 Å². The molecule has 5 nitrogen and oxygen atoms in total. The predicted octanol–water partition coefficient (Wildman–Crippen LogP) is 2.81. The van der Waals surface area contributed by atoms with E-state index in [0.717, 1.165) is 18.7 Å². The minimum absolute atomic E-state index is 0.118. The topological polar surface area (TPSA) is 58.0 Å². The third-order valence-corrected chi connectivity index (χ3v) is 4.11. The molecule has 0 bridgehead atoms. The van der Waals surface area contributed by atoms with Gasteiger partial charge in [-0.15, -0.1) is 0 Å². The fraction of sp³-hybridized carbons (Fsp3) is 0.600. The highest BCUT2D eigenvalue weighted by molar-refractivity contribution is 6.69. The number of aryl methyl sites for hydroxylation is 1. The lowest BCUT2D eigenvalue weighted by Gasteiger charge is -2.27. The van der Waals surface area contributed by atoms with Gasteiger partial charge < -0.3 is 14.8 Å². The highest BCUT2D eigenvalue weighted by Gasteiger charge is 2.15. The lowest BCUT2D eigenvalue weighted by Crippen LogP contribution is -2.38. The van der Waals surface area contributed by atoms with E-state index < -0.39 is 6.10 Å². The maximum Gasteiger partial charge on any atom is 0.177 e. The molecule has 0 aromatic carbocycles. The van der Waals surface area contributed by atoms with Gasteiger partial charge >= 0.3 is 0 Å². The number of hydrogen-bond donors (Lipinski definition) is 1. The van der Waals surface area contributed by atoms with E-state index >= 15 is 0 Å². The van der Waals surface area contributed by atoms with Crippen LogP contribution in [0.15, 0.2) is 17.4 Å². The zero-order valence-corrected chi connectivity index (χ0v) is 14.1. The van der Waals surface area contributed by atoms with Crippen molar-refractivity contribution in [2.45, 2.75) is 32.3 Å². The van der Waals surface area contributed by atoms with E-state index in [4.69, 9.17) is 28.0 Å². The first kappa shape index (κ1) is 17.5. The van der Waals surface area contributed by atoms with Gasteiger partial charge in [-0.1, -0.05) is 34.8 Å². The van der Waals surface area contributed by atoms with Gasteiger partial charge in [-0.3, -0.25) is 0 Å². The van der Waals surface area contributed by atoms with Gasteiger partial charge in [0, 0.05) is 18.3 Å². The second-order valence-electron chi connectivity index (χ2n) is 5.51. The van der Waals surface area contributed by atoms with Gasteiger partial charge in [0.05, 0.1) is 0 Å². The van der Waals surface area contributed by atoms with Crippen LogP contribution in [0.4, 0.5) is 0 Å². The lowest BCUT2D eigenvalue weighted by atomic mass is 10.1. The fourth-order valence-electron chi connectivity index (χ4n) is 2.46. The van der Waals surface area contributed by atoms with Crippen LogP contribution in [0.5, 0.6) is 0 Å². The van der Waals surface area contributed by atoms with Crippen molar-refractivity contribution in [3.63, 3.8) is 0 Å². The average molecular weight is 346 g/mol. The highest BCUT2D eigenvalue weighted by atomic mass is 35.5. The maximum atomic E-state index is 9.97. The molecule has 22 heavy (non-hydrogen) atoms. The normalized spacial score (nSPS) is 18.3. The van der Waals surface area contributed by atoms with E-state index in [1.54, 1.807) is 12.3 Å². The molecule has 1 aliphatic heterocycles. The number of oxime groups is 1. The third kappa shape index (κ3) is 5.39. The Hall–Kier alpha value is -0.880. The Bertz CT molecular complexity index is 520. The molecule has 0 saturated carbocycles. The minimum atomic E-state index is -0.573. The van der Waals surface area contributed by atoms with Crippen LogP contribution in [0.3, 0.4) is 0 Å². The molecule has 0 spiro atoms. The Labute approximate surface area is 140 Å². The predicted molar refractivity (Wildman–Crippen MR) is 88.6 cm³/mol. The fourth-order valence-corrected chi connectivity index (χ4v) is 2.92. The second-order valence-corrected chi connectivity index (χ2v) is 6.26. The van der Waals surface area contributed by atoms with Crippen molar-refractivity contribution < 1.29 is 9.94 Å². The van der Waals surface area contributed by atoms with Crippen molar-refractivity contribution in [1.82, 2.24) is 9.88 Å². The van der Waals surface area contributed by atoms with Crippen LogP contribution < -0.4 is 0 Å². The smallest absolute Gasteiger partial charge is 0.177 e. The zero-order chi connectivity index (χ0) is 15.9. The Morgan fingerprint density at radius 2 is 2.18 bits per heavy atom. The minimum Gasteiger partial charge on any atom is -0.392 e. The molecule has 0 amide bonds. The number of β-amino-alcohol motifs (C(OH)–C–C–N with tert-alkyl or cyclic N) is 1. The third-order valence-electron chi connectivity index (χ3n) is 3.63. The molecule has 2 rings (SSSR count). The quantitative estimate of drug-likeness (QED) is 0.489. The largest absolute Gasteiger partial charge is 0.392 e. The Morgan fingerprint density at radius 1 is 1.45 bits per heavy atom. The summed E-state index contributed by atoms with van der Waals surface area (Å²) in [4.78, 5) is 11.4. The summed E-state index contributed by atoms with van der Waals surface area (Å²) in [6, 6.07) is 1.71. The van der Waals surface area contributed by atoms with Crippen molar-refractivity contribution in [1.29, 1.82) is 0 Å². The summed E-state index contributed by atoms with van der Waals surface area (Å²) in [6.07, 6.45) is 4.64. The first-order valence-corrected chi connectivity index (χ1v) is 8.20. The molecule has 1 unspecified atom stereocenters. The number of pyridine rings is 1. The van der Waals surface area contributed by atoms with Gasteiger partial charge in [-0.25, -0.2) is 4.98 Å². The average Bonchev–Trinajstić information content (AvgIpc) is 2.48. The molecule has 1 atom stereocenters. The number of rotatable bonds is 6. The second kappa shape index (κ2) is 8.67. The first-order chi connectivity index (χ1) is 10.6. The Morgan fingerprint density at radius 3 is 2.86 bits per heavy atom. The van der Waals surface area contributed by atoms with Crippen LogP contribution in [0.2, 0.25) is 5.15 Å². The van der Waals surface area contributed by atoms with Crippen LogP contribution in [-0.2, 0) is 4.84 Å². The molecule has 1 aromatic heterocycles. The number of likely N-dealkylation sites (tertiary alicyclic amines) is 1. The number of aromatic nitrogens is 1. The van der Waals surface area contributed by atoms with E-state index in [1.165, 1.54) is 19.3 Å². The molecule has 2 heterocycles. The number of piperidine rings is 1. The van der Waals surface area contributed by atoms with Crippen LogP contribution >= 0.6 is 23.2 Å². The highest BCUT2D eigenvalue weighted by Crippen LogP contribution is 2.15. The molecule has 1 aromatic rings. The van der Waals surface area contributed by atoms with Crippen LogP contribution in [0.25, 0.3) is 0 Å². The van der Waals surface area contributed by atoms with Crippen molar-refractivity contribution in [2.75, 3.05) is 26.2 Å². The number of nitrogens with zero attached hydrogens (tertiary/aromatic N) is 3. The van der Waals surface area contributed by atoms with E-state index in [9.17, 15) is 5.11 Å². The molecule has 7 heteroatoms. The van der Waals surface area contributed by atoms with E-state index in [1.807, 2.05) is 6.92 Å². The first-order valence-electron chi connectivity index (χ1n) is 7.44. The summed E-state index contributed by atoms with van der Waals surface area (Å²) in [7, 11) is 0.